The highest BCUT2D eigenvalue weighted by Gasteiger charge is 2.02. The van der Waals surface area contributed by atoms with Crippen LogP contribution in [0.1, 0.15) is 19.8 Å². The highest BCUT2D eigenvalue weighted by atomic mass is 35.5. The standard InChI is InChI=1S/C6H9NO2.2ClH/c1-5(4-7)2-3-6(8)9;;/h5H,2-3H2,1H3,(H,8,9);2*1H. The van der Waals surface area contributed by atoms with Crippen molar-refractivity contribution in [3.63, 3.8) is 0 Å². The van der Waals surface area contributed by atoms with E-state index in [9.17, 15) is 4.79 Å². The van der Waals surface area contributed by atoms with Crippen LogP contribution in [0.4, 0.5) is 0 Å². The predicted molar refractivity (Wildman–Crippen MR) is 46.1 cm³/mol. The van der Waals surface area contributed by atoms with Gasteiger partial charge in [0.2, 0.25) is 0 Å². The number of aliphatic carboxylic acids is 1. The van der Waals surface area contributed by atoms with Crippen LogP contribution < -0.4 is 0 Å². The van der Waals surface area contributed by atoms with Gasteiger partial charge < -0.3 is 5.11 Å². The molecule has 0 saturated carbocycles. The summed E-state index contributed by atoms with van der Waals surface area (Å²) >= 11 is 0. The number of carboxylic acids is 1. The highest BCUT2D eigenvalue weighted by Crippen LogP contribution is 2.02. The third-order valence-corrected chi connectivity index (χ3v) is 1.01. The number of carbonyl (C=O) groups is 1. The van der Waals surface area contributed by atoms with E-state index in [1.165, 1.54) is 0 Å². The zero-order valence-electron chi connectivity index (χ0n) is 6.11. The minimum absolute atomic E-state index is 0. The molecule has 0 fully saturated rings. The normalized spacial score (nSPS) is 9.82. The van der Waals surface area contributed by atoms with Gasteiger partial charge in [-0.1, -0.05) is 0 Å². The van der Waals surface area contributed by atoms with Crippen molar-refractivity contribution >= 4 is 30.8 Å². The summed E-state index contributed by atoms with van der Waals surface area (Å²) in [5.41, 5.74) is 0. The van der Waals surface area contributed by atoms with Gasteiger partial charge in [0.05, 0.1) is 6.07 Å². The van der Waals surface area contributed by atoms with Gasteiger partial charge in [0.15, 0.2) is 0 Å². The predicted octanol–water partition coefficient (Wildman–Crippen LogP) is 1.85. The van der Waals surface area contributed by atoms with Crippen molar-refractivity contribution in [2.75, 3.05) is 0 Å². The van der Waals surface area contributed by atoms with E-state index in [2.05, 4.69) is 0 Å². The van der Waals surface area contributed by atoms with Crippen molar-refractivity contribution in [3.8, 4) is 6.07 Å². The molecule has 1 unspecified atom stereocenters. The van der Waals surface area contributed by atoms with Gasteiger partial charge in [-0.25, -0.2) is 0 Å². The average molecular weight is 200 g/mol. The summed E-state index contributed by atoms with van der Waals surface area (Å²) in [6.07, 6.45) is 0.542. The van der Waals surface area contributed by atoms with Gasteiger partial charge in [-0.05, 0) is 13.3 Å². The molecule has 0 aromatic rings. The summed E-state index contributed by atoms with van der Waals surface area (Å²) in [4.78, 5) is 9.91. The summed E-state index contributed by atoms with van der Waals surface area (Å²) in [5, 5.41) is 16.4. The molecule has 0 radical (unpaired) electrons. The van der Waals surface area contributed by atoms with Crippen molar-refractivity contribution in [1.82, 2.24) is 0 Å². The summed E-state index contributed by atoms with van der Waals surface area (Å²) in [7, 11) is 0. The molecule has 0 rings (SSSR count). The summed E-state index contributed by atoms with van der Waals surface area (Å²) < 4.78 is 0. The molecule has 0 spiro atoms. The Balaban J connectivity index is -0.000000320. The van der Waals surface area contributed by atoms with E-state index in [-0.39, 0.29) is 37.2 Å². The smallest absolute Gasteiger partial charge is 0.303 e. The third-order valence-electron chi connectivity index (χ3n) is 1.01. The van der Waals surface area contributed by atoms with Crippen LogP contribution in [0.5, 0.6) is 0 Å². The Labute approximate surface area is 78.2 Å². The van der Waals surface area contributed by atoms with E-state index in [1.54, 1.807) is 6.92 Å². The lowest BCUT2D eigenvalue weighted by Crippen LogP contribution is -1.98. The first kappa shape index (κ1) is 16.9. The number of nitrogens with zero attached hydrogens (tertiary/aromatic N) is 1. The molecule has 0 amide bonds. The number of hydrogen-bond donors (Lipinski definition) is 1. The molecule has 11 heavy (non-hydrogen) atoms. The first-order valence-electron chi connectivity index (χ1n) is 2.78. The van der Waals surface area contributed by atoms with Crippen molar-refractivity contribution < 1.29 is 9.90 Å². The van der Waals surface area contributed by atoms with Crippen molar-refractivity contribution in [2.45, 2.75) is 19.8 Å². The van der Waals surface area contributed by atoms with Crippen LogP contribution in [0.3, 0.4) is 0 Å². The van der Waals surface area contributed by atoms with Gasteiger partial charge in [0.1, 0.15) is 0 Å². The number of rotatable bonds is 3. The number of carboxylic acid groups (broad SMARTS) is 1. The summed E-state index contributed by atoms with van der Waals surface area (Å²) in [5.74, 6) is -0.974. The minimum atomic E-state index is -0.836. The molecule has 0 aliphatic carbocycles. The van der Waals surface area contributed by atoms with Crippen molar-refractivity contribution in [2.24, 2.45) is 5.92 Å². The molecular formula is C6H11Cl2NO2. The summed E-state index contributed by atoms with van der Waals surface area (Å²) in [6.45, 7) is 1.71. The van der Waals surface area contributed by atoms with Crippen LogP contribution in [0.2, 0.25) is 0 Å². The maximum Gasteiger partial charge on any atom is 0.303 e. The molecule has 0 heterocycles. The summed E-state index contributed by atoms with van der Waals surface area (Å²) in [6, 6.07) is 1.96. The van der Waals surface area contributed by atoms with Gasteiger partial charge in [-0.15, -0.1) is 24.8 Å². The van der Waals surface area contributed by atoms with E-state index >= 15 is 0 Å². The van der Waals surface area contributed by atoms with E-state index in [1.807, 2.05) is 6.07 Å². The van der Waals surface area contributed by atoms with Crippen LogP contribution in [0.15, 0.2) is 0 Å². The zero-order valence-corrected chi connectivity index (χ0v) is 7.74. The van der Waals surface area contributed by atoms with Crippen LogP contribution in [0.25, 0.3) is 0 Å². The SMILES string of the molecule is CC(C#N)CCC(=O)O.Cl.Cl. The lowest BCUT2D eigenvalue weighted by Gasteiger charge is -1.95. The van der Waals surface area contributed by atoms with Gasteiger partial charge >= 0.3 is 5.97 Å². The molecule has 66 valence electrons. The van der Waals surface area contributed by atoms with Crippen LogP contribution in [-0.4, -0.2) is 11.1 Å². The second kappa shape index (κ2) is 9.54. The molecular weight excluding hydrogens is 189 g/mol. The Bertz CT molecular complexity index is 144. The molecule has 5 heteroatoms. The highest BCUT2D eigenvalue weighted by molar-refractivity contribution is 5.85. The second-order valence-corrected chi connectivity index (χ2v) is 1.96. The van der Waals surface area contributed by atoms with E-state index in [0.29, 0.717) is 6.42 Å². The molecule has 0 saturated heterocycles. The first-order valence-corrected chi connectivity index (χ1v) is 2.78. The molecule has 0 bridgehead atoms. The largest absolute Gasteiger partial charge is 0.481 e. The fraction of sp³-hybridized carbons (Fsp3) is 0.667. The van der Waals surface area contributed by atoms with Crippen molar-refractivity contribution in [3.05, 3.63) is 0 Å². The van der Waals surface area contributed by atoms with Crippen LogP contribution in [-0.2, 0) is 4.79 Å². The topological polar surface area (TPSA) is 61.1 Å². The molecule has 0 aliphatic rings. The Morgan fingerprint density at radius 3 is 2.36 bits per heavy atom. The Morgan fingerprint density at radius 1 is 1.64 bits per heavy atom. The molecule has 1 N–H and O–H groups in total. The number of hydrogen-bond acceptors (Lipinski definition) is 2. The van der Waals surface area contributed by atoms with E-state index in [4.69, 9.17) is 10.4 Å². The lowest BCUT2D eigenvalue weighted by molar-refractivity contribution is -0.137. The maximum absolute atomic E-state index is 9.91. The maximum atomic E-state index is 9.91. The van der Waals surface area contributed by atoms with Gasteiger partial charge in [-0.3, -0.25) is 4.79 Å². The molecule has 0 aromatic carbocycles. The number of halogens is 2. The fourth-order valence-corrected chi connectivity index (χ4v) is 0.405. The quantitative estimate of drug-likeness (QED) is 0.756. The molecule has 3 nitrogen and oxygen atoms in total. The first-order chi connectivity index (χ1) is 4.16. The Morgan fingerprint density at radius 2 is 2.09 bits per heavy atom. The fourth-order valence-electron chi connectivity index (χ4n) is 0.405. The van der Waals surface area contributed by atoms with E-state index in [0.717, 1.165) is 0 Å². The lowest BCUT2D eigenvalue weighted by atomic mass is 10.1. The van der Waals surface area contributed by atoms with Crippen molar-refractivity contribution in [1.29, 1.82) is 5.26 Å². The third kappa shape index (κ3) is 12.7. The van der Waals surface area contributed by atoms with Gasteiger partial charge in [-0.2, -0.15) is 5.26 Å². The molecule has 1 atom stereocenters. The minimum Gasteiger partial charge on any atom is -0.481 e. The molecule has 0 aliphatic heterocycles. The Kier molecular flexibility index (Phi) is 14.6. The van der Waals surface area contributed by atoms with Gasteiger partial charge in [0.25, 0.3) is 0 Å². The second-order valence-electron chi connectivity index (χ2n) is 1.96. The molecule has 0 aromatic heterocycles. The zero-order chi connectivity index (χ0) is 7.28. The average Bonchev–Trinajstić information content (AvgIpc) is 1.83. The number of nitriles is 1. The van der Waals surface area contributed by atoms with Crippen LogP contribution in [0, 0.1) is 17.2 Å². The Hall–Kier alpha value is -0.460. The monoisotopic (exact) mass is 199 g/mol. The van der Waals surface area contributed by atoms with Crippen LogP contribution >= 0.6 is 24.8 Å². The van der Waals surface area contributed by atoms with Gasteiger partial charge in [0, 0.05) is 12.3 Å². The van der Waals surface area contributed by atoms with E-state index < -0.39 is 5.97 Å².